The van der Waals surface area contributed by atoms with Gasteiger partial charge in [0.25, 0.3) is 5.91 Å². The van der Waals surface area contributed by atoms with Gasteiger partial charge in [-0.05, 0) is 47.7 Å². The third kappa shape index (κ3) is 3.40. The Morgan fingerprint density at radius 2 is 2.22 bits per heavy atom. The van der Waals surface area contributed by atoms with Crippen molar-refractivity contribution in [3.63, 3.8) is 0 Å². The van der Waals surface area contributed by atoms with Crippen molar-refractivity contribution in [3.05, 3.63) is 77.2 Å². The van der Waals surface area contributed by atoms with Gasteiger partial charge in [-0.2, -0.15) is 4.98 Å². The van der Waals surface area contributed by atoms with Crippen LogP contribution in [-0.2, 0) is 12.8 Å². The van der Waals surface area contributed by atoms with Gasteiger partial charge >= 0.3 is 0 Å². The number of amides is 1. The average Bonchev–Trinajstić information content (AvgIpc) is 3.35. The molecule has 5 nitrogen and oxygen atoms in total. The van der Waals surface area contributed by atoms with Crippen LogP contribution >= 0.6 is 0 Å². The van der Waals surface area contributed by atoms with E-state index < -0.39 is 0 Å². The van der Waals surface area contributed by atoms with Gasteiger partial charge in [0, 0.05) is 17.5 Å². The Balaban J connectivity index is 1.53. The maximum absolute atomic E-state index is 12.6. The Hall–Kier alpha value is -3.21. The number of aromatic nitrogens is 2. The molecule has 27 heavy (non-hydrogen) atoms. The van der Waals surface area contributed by atoms with Crippen molar-refractivity contribution in [2.75, 3.05) is 0 Å². The molecule has 4 rings (SSSR count). The molecular formula is C22H21N3O2. The van der Waals surface area contributed by atoms with Gasteiger partial charge in [-0.15, -0.1) is 0 Å². The number of carbonyl (C=O) groups excluding carboxylic acids is 1. The zero-order chi connectivity index (χ0) is 18.8. The molecule has 1 aliphatic rings. The maximum atomic E-state index is 12.6. The van der Waals surface area contributed by atoms with Crippen molar-refractivity contribution < 1.29 is 9.32 Å². The molecule has 5 heteroatoms. The summed E-state index contributed by atoms with van der Waals surface area (Å²) >= 11 is 0. The number of hydrogen-bond donors (Lipinski definition) is 1. The van der Waals surface area contributed by atoms with E-state index in [9.17, 15) is 4.79 Å². The molecule has 1 N–H and O–H groups in total. The zero-order valence-electron chi connectivity index (χ0n) is 15.2. The van der Waals surface area contributed by atoms with Crippen molar-refractivity contribution in [1.82, 2.24) is 15.5 Å². The van der Waals surface area contributed by atoms with Crippen LogP contribution in [0.1, 0.15) is 52.3 Å². The molecule has 1 heterocycles. The Morgan fingerprint density at radius 3 is 3.00 bits per heavy atom. The molecule has 0 aliphatic heterocycles. The van der Waals surface area contributed by atoms with Crippen LogP contribution in [0.15, 0.2) is 53.6 Å². The standard InChI is InChI=1S/C22H21N3O2/c1-3-14-6-5-7-17(12-14)22(26)23-19-11-9-15-13-16(8-10-18(15)19)21-24-20(4-2)27-25-21/h3,5-8,10,12-13,19H,1,4,9,11H2,2H3,(H,23,26)/t19-/m1/s1. The van der Waals surface area contributed by atoms with Crippen molar-refractivity contribution in [2.24, 2.45) is 0 Å². The van der Waals surface area contributed by atoms with Gasteiger partial charge in [0.1, 0.15) is 0 Å². The van der Waals surface area contributed by atoms with E-state index >= 15 is 0 Å². The Labute approximate surface area is 158 Å². The molecular weight excluding hydrogens is 338 g/mol. The summed E-state index contributed by atoms with van der Waals surface area (Å²) in [5.41, 5.74) is 4.91. The van der Waals surface area contributed by atoms with Crippen molar-refractivity contribution in [3.8, 4) is 11.4 Å². The Morgan fingerprint density at radius 1 is 1.33 bits per heavy atom. The topological polar surface area (TPSA) is 68.0 Å². The highest BCUT2D eigenvalue weighted by Gasteiger charge is 2.25. The van der Waals surface area contributed by atoms with E-state index in [1.165, 1.54) is 5.56 Å². The lowest BCUT2D eigenvalue weighted by atomic mass is 10.0. The van der Waals surface area contributed by atoms with Gasteiger partial charge in [0.2, 0.25) is 11.7 Å². The van der Waals surface area contributed by atoms with Gasteiger partial charge in [-0.25, -0.2) is 0 Å². The first kappa shape index (κ1) is 17.2. The highest BCUT2D eigenvalue weighted by atomic mass is 16.5. The number of fused-ring (bicyclic) bond motifs is 1. The number of rotatable bonds is 5. The molecule has 0 unspecified atom stereocenters. The predicted octanol–water partition coefficient (Wildman–Crippen LogP) is 4.36. The SMILES string of the molecule is C=Cc1cccc(C(=O)N[C@@H]2CCc3cc(-c4noc(CC)n4)ccc32)c1. The van der Waals surface area contributed by atoms with Crippen LogP contribution in [0.25, 0.3) is 17.5 Å². The normalized spacial score (nSPS) is 15.4. The fourth-order valence-electron chi connectivity index (χ4n) is 3.47. The minimum Gasteiger partial charge on any atom is -0.345 e. The third-order valence-corrected chi connectivity index (χ3v) is 4.94. The van der Waals surface area contributed by atoms with Crippen molar-refractivity contribution in [2.45, 2.75) is 32.2 Å². The van der Waals surface area contributed by atoms with Gasteiger partial charge in [0.05, 0.1) is 6.04 Å². The van der Waals surface area contributed by atoms with E-state index in [4.69, 9.17) is 4.52 Å². The molecule has 0 radical (unpaired) electrons. The van der Waals surface area contributed by atoms with Crippen LogP contribution in [0.5, 0.6) is 0 Å². The second-order valence-electron chi connectivity index (χ2n) is 6.67. The fourth-order valence-corrected chi connectivity index (χ4v) is 3.47. The quantitative estimate of drug-likeness (QED) is 0.735. The molecule has 0 spiro atoms. The van der Waals surface area contributed by atoms with E-state index in [1.54, 1.807) is 6.08 Å². The number of nitrogens with zero attached hydrogens (tertiary/aromatic N) is 2. The number of nitrogens with one attached hydrogen (secondary N) is 1. The number of carbonyl (C=O) groups is 1. The molecule has 1 aliphatic carbocycles. The van der Waals surface area contributed by atoms with E-state index in [0.29, 0.717) is 17.3 Å². The largest absolute Gasteiger partial charge is 0.345 e. The molecule has 0 bridgehead atoms. The maximum Gasteiger partial charge on any atom is 0.251 e. The lowest BCUT2D eigenvalue weighted by Gasteiger charge is -2.14. The Kier molecular flexibility index (Phi) is 4.59. The fraction of sp³-hybridized carbons (Fsp3) is 0.227. The van der Waals surface area contributed by atoms with Gasteiger partial charge in [0.15, 0.2) is 0 Å². The average molecular weight is 359 g/mol. The molecule has 1 atom stereocenters. The lowest BCUT2D eigenvalue weighted by molar-refractivity contribution is 0.0936. The summed E-state index contributed by atoms with van der Waals surface area (Å²) in [6, 6.07) is 13.6. The minimum absolute atomic E-state index is 0.0189. The molecule has 3 aromatic rings. The van der Waals surface area contributed by atoms with Crippen molar-refractivity contribution >= 4 is 12.0 Å². The minimum atomic E-state index is -0.0635. The van der Waals surface area contributed by atoms with Crippen LogP contribution in [0.4, 0.5) is 0 Å². The molecule has 1 amide bonds. The zero-order valence-corrected chi connectivity index (χ0v) is 15.2. The van der Waals surface area contributed by atoms with Gasteiger partial charge < -0.3 is 9.84 Å². The Bertz CT molecular complexity index is 1010. The predicted molar refractivity (Wildman–Crippen MR) is 104 cm³/mol. The molecule has 0 fully saturated rings. The van der Waals surface area contributed by atoms with Gasteiger partial charge in [-0.3, -0.25) is 4.79 Å². The molecule has 1 aromatic heterocycles. The smallest absolute Gasteiger partial charge is 0.251 e. The van der Waals surface area contributed by atoms with E-state index in [0.717, 1.165) is 36.0 Å². The van der Waals surface area contributed by atoms with Crippen LogP contribution in [0.2, 0.25) is 0 Å². The van der Waals surface area contributed by atoms with Crippen LogP contribution in [0, 0.1) is 0 Å². The van der Waals surface area contributed by atoms with Crippen LogP contribution in [0.3, 0.4) is 0 Å². The molecule has 0 saturated heterocycles. The first-order valence-corrected chi connectivity index (χ1v) is 9.17. The first-order chi connectivity index (χ1) is 13.2. The highest BCUT2D eigenvalue weighted by molar-refractivity contribution is 5.95. The first-order valence-electron chi connectivity index (χ1n) is 9.17. The second kappa shape index (κ2) is 7.19. The number of aryl methyl sites for hydroxylation is 2. The highest BCUT2D eigenvalue weighted by Crippen LogP contribution is 2.34. The van der Waals surface area contributed by atoms with Crippen LogP contribution in [-0.4, -0.2) is 16.0 Å². The monoisotopic (exact) mass is 359 g/mol. The number of hydrogen-bond acceptors (Lipinski definition) is 4. The molecule has 136 valence electrons. The number of benzene rings is 2. The third-order valence-electron chi connectivity index (χ3n) is 4.94. The van der Waals surface area contributed by atoms with Crippen LogP contribution < -0.4 is 5.32 Å². The van der Waals surface area contributed by atoms with E-state index in [-0.39, 0.29) is 11.9 Å². The lowest BCUT2D eigenvalue weighted by Crippen LogP contribution is -2.27. The molecule has 0 saturated carbocycles. The second-order valence-corrected chi connectivity index (χ2v) is 6.67. The summed E-state index contributed by atoms with van der Waals surface area (Å²) in [5, 5.41) is 7.19. The van der Waals surface area contributed by atoms with Gasteiger partial charge in [-0.1, -0.05) is 49.0 Å². The van der Waals surface area contributed by atoms with E-state index in [1.807, 2.05) is 37.3 Å². The van der Waals surface area contributed by atoms with E-state index in [2.05, 4.69) is 34.2 Å². The summed E-state index contributed by atoms with van der Waals surface area (Å²) in [6.45, 7) is 5.74. The summed E-state index contributed by atoms with van der Waals surface area (Å²) in [5.74, 6) is 1.19. The summed E-state index contributed by atoms with van der Waals surface area (Å²) in [7, 11) is 0. The summed E-state index contributed by atoms with van der Waals surface area (Å²) < 4.78 is 5.20. The molecule has 2 aromatic carbocycles. The summed E-state index contributed by atoms with van der Waals surface area (Å²) in [4.78, 5) is 17.0. The van der Waals surface area contributed by atoms with Crippen molar-refractivity contribution in [1.29, 1.82) is 0 Å². The summed E-state index contributed by atoms with van der Waals surface area (Å²) in [6.07, 6.45) is 4.27.